The Kier molecular flexibility index (Phi) is 10.9. The van der Waals surface area contributed by atoms with Crippen molar-refractivity contribution in [2.45, 2.75) is 66.2 Å². The minimum Gasteiger partial charge on any atom is -0.390 e. The summed E-state index contributed by atoms with van der Waals surface area (Å²) >= 11 is 0. The van der Waals surface area contributed by atoms with Gasteiger partial charge in [-0.25, -0.2) is 9.36 Å². The SMILES string of the molecule is CCCCC(CCCC)=C(C)C(=O)O[PH](=O)OCC. The zero-order chi connectivity index (χ0) is 14.7. The van der Waals surface area contributed by atoms with E-state index in [1.807, 2.05) is 0 Å². The van der Waals surface area contributed by atoms with Crippen molar-refractivity contribution in [3.8, 4) is 0 Å². The van der Waals surface area contributed by atoms with Crippen molar-refractivity contribution in [2.24, 2.45) is 0 Å². The number of rotatable bonds is 10. The minimum atomic E-state index is -2.69. The Morgan fingerprint density at radius 2 is 1.58 bits per heavy atom. The fourth-order valence-corrected chi connectivity index (χ4v) is 2.32. The Morgan fingerprint density at radius 1 is 1.05 bits per heavy atom. The van der Waals surface area contributed by atoms with Crippen molar-refractivity contribution < 1.29 is 18.4 Å². The highest BCUT2D eigenvalue weighted by atomic mass is 31.1. The predicted molar refractivity (Wildman–Crippen MR) is 78.5 cm³/mol. The summed E-state index contributed by atoms with van der Waals surface area (Å²) in [5, 5.41) is 0. The lowest BCUT2D eigenvalue weighted by atomic mass is 9.98. The van der Waals surface area contributed by atoms with Crippen molar-refractivity contribution in [1.82, 2.24) is 0 Å². The molecule has 0 aromatic carbocycles. The summed E-state index contributed by atoms with van der Waals surface area (Å²) in [7, 11) is -2.69. The van der Waals surface area contributed by atoms with Crippen LogP contribution in [0.3, 0.4) is 0 Å². The van der Waals surface area contributed by atoms with Crippen LogP contribution in [0.2, 0.25) is 0 Å². The summed E-state index contributed by atoms with van der Waals surface area (Å²) in [6.07, 6.45) is 6.12. The van der Waals surface area contributed by atoms with Gasteiger partial charge in [-0.15, -0.1) is 0 Å². The largest absolute Gasteiger partial charge is 0.390 e. The zero-order valence-electron chi connectivity index (χ0n) is 12.6. The molecule has 0 saturated heterocycles. The molecule has 0 aliphatic heterocycles. The van der Waals surface area contributed by atoms with Gasteiger partial charge in [0.2, 0.25) is 0 Å². The van der Waals surface area contributed by atoms with Gasteiger partial charge < -0.3 is 9.05 Å². The minimum absolute atomic E-state index is 0.284. The van der Waals surface area contributed by atoms with Crippen LogP contribution < -0.4 is 0 Å². The number of carbonyl (C=O) groups excluding carboxylic acids is 1. The van der Waals surface area contributed by atoms with Crippen LogP contribution in [0.4, 0.5) is 0 Å². The fourth-order valence-electron chi connectivity index (χ4n) is 1.72. The van der Waals surface area contributed by atoms with Crippen molar-refractivity contribution >= 4 is 14.2 Å². The Labute approximate surface area is 117 Å². The molecule has 19 heavy (non-hydrogen) atoms. The van der Waals surface area contributed by atoms with Gasteiger partial charge in [-0.1, -0.05) is 32.3 Å². The number of hydrogen-bond acceptors (Lipinski definition) is 4. The van der Waals surface area contributed by atoms with Gasteiger partial charge in [-0.2, -0.15) is 0 Å². The third-order valence-electron chi connectivity index (χ3n) is 2.94. The van der Waals surface area contributed by atoms with Crippen molar-refractivity contribution in [1.29, 1.82) is 0 Å². The molecule has 1 atom stereocenters. The Morgan fingerprint density at radius 3 is 2.00 bits per heavy atom. The number of unbranched alkanes of at least 4 members (excludes halogenated alkanes) is 2. The Bertz CT molecular complexity index is 313. The molecule has 4 nitrogen and oxygen atoms in total. The summed E-state index contributed by atoms with van der Waals surface area (Å²) in [6, 6.07) is 0. The van der Waals surface area contributed by atoms with Crippen molar-refractivity contribution in [3.05, 3.63) is 11.1 Å². The first-order valence-electron chi connectivity index (χ1n) is 7.14. The second-order valence-electron chi connectivity index (χ2n) is 4.51. The highest BCUT2D eigenvalue weighted by Gasteiger charge is 2.14. The molecule has 5 heteroatoms. The molecule has 0 N–H and O–H groups in total. The molecule has 0 amide bonds. The monoisotopic (exact) mass is 290 g/mol. The lowest BCUT2D eigenvalue weighted by molar-refractivity contribution is -0.130. The van der Waals surface area contributed by atoms with Crippen LogP contribution in [-0.2, 0) is 18.4 Å². The molecule has 0 spiro atoms. The average molecular weight is 290 g/mol. The maximum Gasteiger partial charge on any atom is 0.370 e. The van der Waals surface area contributed by atoms with E-state index in [1.54, 1.807) is 13.8 Å². The second-order valence-corrected chi connectivity index (χ2v) is 5.50. The summed E-state index contributed by atoms with van der Waals surface area (Å²) in [4.78, 5) is 11.9. The second kappa shape index (κ2) is 11.2. The standard InChI is InChI=1S/C14H27O4P/c1-5-8-10-13(11-9-6-2)12(4)14(15)18-19(16)17-7-3/h19H,5-11H2,1-4H3. The Hall–Kier alpha value is -0.600. The number of hydrogen-bond donors (Lipinski definition) is 0. The summed E-state index contributed by atoms with van der Waals surface area (Å²) in [5.41, 5.74) is 1.72. The molecule has 0 fully saturated rings. The maximum absolute atomic E-state index is 11.9. The fraction of sp³-hybridized carbons (Fsp3) is 0.786. The molecule has 0 radical (unpaired) electrons. The molecule has 0 aliphatic carbocycles. The van der Waals surface area contributed by atoms with E-state index in [9.17, 15) is 9.36 Å². The van der Waals surface area contributed by atoms with Crippen LogP contribution in [0, 0.1) is 0 Å². The first-order chi connectivity index (χ1) is 9.06. The molecule has 0 aromatic heterocycles. The van der Waals surface area contributed by atoms with Crippen LogP contribution in [0.5, 0.6) is 0 Å². The van der Waals surface area contributed by atoms with Crippen LogP contribution in [0.15, 0.2) is 11.1 Å². The van der Waals surface area contributed by atoms with Crippen LogP contribution >= 0.6 is 8.25 Å². The molecule has 1 unspecified atom stereocenters. The third-order valence-corrected chi connectivity index (χ3v) is 3.82. The van der Waals surface area contributed by atoms with Crippen LogP contribution in [0.1, 0.15) is 66.2 Å². The van der Waals surface area contributed by atoms with E-state index < -0.39 is 14.2 Å². The van der Waals surface area contributed by atoms with Gasteiger partial charge in [-0.3, -0.25) is 0 Å². The Balaban J connectivity index is 4.67. The molecule has 0 rings (SSSR count). The molecule has 0 saturated carbocycles. The normalized spacial score (nSPS) is 12.0. The smallest absolute Gasteiger partial charge is 0.370 e. The molecular formula is C14H27O4P. The molecular weight excluding hydrogens is 263 g/mol. The lowest BCUT2D eigenvalue weighted by Crippen LogP contribution is -2.05. The van der Waals surface area contributed by atoms with E-state index in [0.29, 0.717) is 5.57 Å². The van der Waals surface area contributed by atoms with Crippen molar-refractivity contribution in [3.63, 3.8) is 0 Å². The van der Waals surface area contributed by atoms with Gasteiger partial charge in [-0.05, 0) is 39.5 Å². The van der Waals surface area contributed by atoms with Crippen molar-refractivity contribution in [2.75, 3.05) is 6.61 Å². The molecule has 0 aliphatic rings. The first kappa shape index (κ1) is 18.4. The van der Waals surface area contributed by atoms with Crippen LogP contribution in [-0.4, -0.2) is 12.6 Å². The topological polar surface area (TPSA) is 52.6 Å². The molecule has 0 aromatic rings. The summed E-state index contributed by atoms with van der Waals surface area (Å²) in [5.74, 6) is -0.500. The number of carbonyl (C=O) groups is 1. The quantitative estimate of drug-likeness (QED) is 0.434. The maximum atomic E-state index is 11.9. The van der Waals surface area contributed by atoms with E-state index in [-0.39, 0.29) is 6.61 Å². The van der Waals surface area contributed by atoms with E-state index in [2.05, 4.69) is 13.8 Å². The molecule has 0 heterocycles. The van der Waals surface area contributed by atoms with Gasteiger partial charge in [0.25, 0.3) is 0 Å². The van der Waals surface area contributed by atoms with Crippen LogP contribution in [0.25, 0.3) is 0 Å². The lowest BCUT2D eigenvalue weighted by Gasteiger charge is -2.11. The third kappa shape index (κ3) is 8.22. The van der Waals surface area contributed by atoms with E-state index in [4.69, 9.17) is 9.05 Å². The summed E-state index contributed by atoms with van der Waals surface area (Å²) < 4.78 is 20.9. The van der Waals surface area contributed by atoms with Gasteiger partial charge in [0.1, 0.15) is 0 Å². The van der Waals surface area contributed by atoms with E-state index in [0.717, 1.165) is 44.1 Å². The molecule has 0 bridgehead atoms. The number of allylic oxidation sites excluding steroid dienone is 1. The van der Waals surface area contributed by atoms with E-state index in [1.165, 1.54) is 0 Å². The highest BCUT2D eigenvalue weighted by Crippen LogP contribution is 2.27. The van der Waals surface area contributed by atoms with E-state index >= 15 is 0 Å². The van der Waals surface area contributed by atoms with Gasteiger partial charge in [0.05, 0.1) is 6.61 Å². The van der Waals surface area contributed by atoms with Gasteiger partial charge in [0.15, 0.2) is 0 Å². The predicted octanol–water partition coefficient (Wildman–Crippen LogP) is 4.65. The molecule has 112 valence electrons. The van der Waals surface area contributed by atoms with Gasteiger partial charge >= 0.3 is 14.2 Å². The van der Waals surface area contributed by atoms with Gasteiger partial charge in [0, 0.05) is 5.57 Å². The highest BCUT2D eigenvalue weighted by molar-refractivity contribution is 7.34. The summed E-state index contributed by atoms with van der Waals surface area (Å²) in [6.45, 7) is 8.00. The first-order valence-corrected chi connectivity index (χ1v) is 8.36. The zero-order valence-corrected chi connectivity index (χ0v) is 13.6. The average Bonchev–Trinajstić information content (AvgIpc) is 2.38.